The molecule has 1 heterocycles. The van der Waals surface area contributed by atoms with Crippen LogP contribution in [0.5, 0.6) is 5.75 Å². The van der Waals surface area contributed by atoms with Crippen LogP contribution in [0, 0.1) is 6.92 Å². The van der Waals surface area contributed by atoms with Gasteiger partial charge in [-0.15, -0.1) is 0 Å². The first kappa shape index (κ1) is 31.1. The van der Waals surface area contributed by atoms with Crippen molar-refractivity contribution in [2.24, 2.45) is 0 Å². The highest BCUT2D eigenvalue weighted by atomic mass is 79.9. The average molecular weight is 640 g/mol. The van der Waals surface area contributed by atoms with Gasteiger partial charge in [0.2, 0.25) is 0 Å². The van der Waals surface area contributed by atoms with Crippen molar-refractivity contribution < 1.29 is 27.8 Å². The molecule has 4 aromatic rings. The summed E-state index contributed by atoms with van der Waals surface area (Å²) >= 11 is 3.50. The number of para-hydroxylation sites is 1. The summed E-state index contributed by atoms with van der Waals surface area (Å²) in [7, 11) is 0. The van der Waals surface area contributed by atoms with Gasteiger partial charge in [0.15, 0.2) is 0 Å². The van der Waals surface area contributed by atoms with Crippen molar-refractivity contribution in [2.75, 3.05) is 6.54 Å². The van der Waals surface area contributed by atoms with Crippen molar-refractivity contribution in [3.05, 3.63) is 94.0 Å². The van der Waals surface area contributed by atoms with Gasteiger partial charge in [-0.3, -0.25) is 9.59 Å². The molecule has 1 N–H and O–H groups in total. The zero-order valence-electron chi connectivity index (χ0n) is 23.9. The molecule has 220 valence electrons. The van der Waals surface area contributed by atoms with Crippen molar-refractivity contribution in [3.63, 3.8) is 0 Å². The number of benzene rings is 3. The van der Waals surface area contributed by atoms with E-state index in [4.69, 9.17) is 14.5 Å². The molecule has 0 saturated heterocycles. The summed E-state index contributed by atoms with van der Waals surface area (Å²) in [6.07, 6.45) is 0.277. The number of amides is 1. The van der Waals surface area contributed by atoms with Gasteiger partial charge in [0.1, 0.15) is 11.4 Å². The number of nitrogens with one attached hydrogen (secondary N) is 1. The van der Waals surface area contributed by atoms with E-state index < -0.39 is 24.1 Å². The number of rotatable bonds is 10. The number of hydrogen-bond acceptors (Lipinski definition) is 5. The van der Waals surface area contributed by atoms with Crippen LogP contribution in [0.4, 0.5) is 8.78 Å². The zero-order valence-corrected chi connectivity index (χ0v) is 25.5. The largest absolute Gasteiger partial charge is 0.460 e. The number of alkyl halides is 2. The number of nitrogens with zero attached hydrogens (tertiary/aromatic N) is 1. The van der Waals surface area contributed by atoms with Crippen molar-refractivity contribution in [1.82, 2.24) is 10.3 Å². The van der Waals surface area contributed by atoms with E-state index in [9.17, 15) is 18.4 Å². The maximum atomic E-state index is 13.9. The van der Waals surface area contributed by atoms with Crippen LogP contribution in [0.2, 0.25) is 0 Å². The van der Waals surface area contributed by atoms with Crippen LogP contribution in [0.25, 0.3) is 22.2 Å². The highest BCUT2D eigenvalue weighted by Gasteiger charge is 2.25. The predicted octanol–water partition coefficient (Wildman–Crippen LogP) is 8.21. The molecule has 0 saturated carbocycles. The van der Waals surface area contributed by atoms with Gasteiger partial charge in [0.05, 0.1) is 16.8 Å². The molecule has 0 fully saturated rings. The summed E-state index contributed by atoms with van der Waals surface area (Å²) < 4.78 is 37.5. The van der Waals surface area contributed by atoms with Crippen molar-refractivity contribution in [2.45, 2.75) is 58.7 Å². The molecule has 0 spiro atoms. The van der Waals surface area contributed by atoms with E-state index in [1.807, 2.05) is 55.5 Å². The van der Waals surface area contributed by atoms with Crippen molar-refractivity contribution in [1.29, 1.82) is 0 Å². The Balaban J connectivity index is 1.68. The number of carbonyl (C=O) groups excluding carboxylic acids is 2. The Morgan fingerprint density at radius 1 is 1.00 bits per heavy atom. The molecule has 6 nitrogen and oxygen atoms in total. The Bertz CT molecular complexity index is 1570. The van der Waals surface area contributed by atoms with Gasteiger partial charge in [-0.25, -0.2) is 4.98 Å². The molecule has 9 heteroatoms. The number of esters is 1. The molecule has 0 aliphatic heterocycles. The van der Waals surface area contributed by atoms with Gasteiger partial charge >= 0.3 is 12.6 Å². The van der Waals surface area contributed by atoms with Gasteiger partial charge < -0.3 is 14.8 Å². The highest BCUT2D eigenvalue weighted by Crippen LogP contribution is 2.33. The summed E-state index contributed by atoms with van der Waals surface area (Å²) in [4.78, 5) is 31.3. The third-order valence-electron chi connectivity index (χ3n) is 6.67. The van der Waals surface area contributed by atoms with Crippen LogP contribution < -0.4 is 10.1 Å². The SMILES string of the molecule is Cc1c(-c2ccccc2)nc2ccc(Br)cc2c1C(=O)NCC(CCC(=O)OC(C)(C)C)c1ccccc1OC(F)F. The first-order valence-electron chi connectivity index (χ1n) is 13.6. The first-order valence-corrected chi connectivity index (χ1v) is 14.4. The molecule has 3 aromatic carbocycles. The molecule has 1 atom stereocenters. The molecule has 0 aliphatic rings. The Kier molecular flexibility index (Phi) is 9.93. The highest BCUT2D eigenvalue weighted by molar-refractivity contribution is 9.10. The van der Waals surface area contributed by atoms with Gasteiger partial charge in [0, 0.05) is 34.3 Å². The van der Waals surface area contributed by atoms with Crippen molar-refractivity contribution in [3.8, 4) is 17.0 Å². The monoisotopic (exact) mass is 638 g/mol. The maximum Gasteiger partial charge on any atom is 0.387 e. The molecule has 1 unspecified atom stereocenters. The summed E-state index contributed by atoms with van der Waals surface area (Å²) in [5, 5.41) is 3.68. The molecule has 0 radical (unpaired) electrons. The lowest BCUT2D eigenvalue weighted by Crippen LogP contribution is -2.30. The van der Waals surface area contributed by atoms with Crippen LogP contribution in [0.15, 0.2) is 77.3 Å². The summed E-state index contributed by atoms with van der Waals surface area (Å²) in [5.41, 5.74) is 3.19. The van der Waals surface area contributed by atoms with Crippen LogP contribution in [-0.4, -0.2) is 35.6 Å². The van der Waals surface area contributed by atoms with E-state index in [-0.39, 0.29) is 31.0 Å². The molecule has 1 amide bonds. The molecule has 1 aromatic heterocycles. The first-order chi connectivity index (χ1) is 19.9. The summed E-state index contributed by atoms with van der Waals surface area (Å²) in [6, 6.07) is 21.6. The zero-order chi connectivity index (χ0) is 30.4. The minimum absolute atomic E-state index is 0.00299. The smallest absolute Gasteiger partial charge is 0.387 e. The fraction of sp³-hybridized carbons (Fsp3) is 0.303. The average Bonchev–Trinajstić information content (AvgIpc) is 2.92. The Morgan fingerprint density at radius 3 is 2.38 bits per heavy atom. The fourth-order valence-electron chi connectivity index (χ4n) is 4.88. The van der Waals surface area contributed by atoms with E-state index in [0.717, 1.165) is 10.0 Å². The van der Waals surface area contributed by atoms with E-state index in [1.165, 1.54) is 6.07 Å². The van der Waals surface area contributed by atoms with Gasteiger partial charge in [-0.05, 0) is 69.5 Å². The summed E-state index contributed by atoms with van der Waals surface area (Å²) in [6.45, 7) is 4.24. The molecule has 42 heavy (non-hydrogen) atoms. The second-order valence-electron chi connectivity index (χ2n) is 10.9. The molecular weight excluding hydrogens is 606 g/mol. The topological polar surface area (TPSA) is 77.5 Å². The predicted molar refractivity (Wildman–Crippen MR) is 163 cm³/mol. The lowest BCUT2D eigenvalue weighted by Gasteiger charge is -2.23. The number of fused-ring (bicyclic) bond motifs is 1. The number of aromatic nitrogens is 1. The minimum Gasteiger partial charge on any atom is -0.460 e. The number of hydrogen-bond donors (Lipinski definition) is 1. The second-order valence-corrected chi connectivity index (χ2v) is 11.9. The summed E-state index contributed by atoms with van der Waals surface area (Å²) in [5.74, 6) is -1.27. The normalized spacial score (nSPS) is 12.3. The van der Waals surface area contributed by atoms with Crippen LogP contribution >= 0.6 is 15.9 Å². The van der Waals surface area contributed by atoms with Crippen LogP contribution in [0.1, 0.15) is 61.0 Å². The Labute approximate surface area is 252 Å². The van der Waals surface area contributed by atoms with E-state index in [0.29, 0.717) is 33.3 Å². The molecule has 0 aliphatic carbocycles. The van der Waals surface area contributed by atoms with E-state index in [1.54, 1.807) is 39.0 Å². The number of halogens is 3. The minimum atomic E-state index is -3.02. The standard InChI is InChI=1S/C33H33BrF2N2O4/c1-20-29(25-18-23(34)15-16-26(25)38-30(20)21-10-6-5-7-11-21)31(40)37-19-22(14-17-28(39)42-33(2,3)4)24-12-8-9-13-27(24)41-32(35)36/h5-13,15-16,18,22,32H,14,17,19H2,1-4H3,(H,37,40). The quantitative estimate of drug-likeness (QED) is 0.177. The van der Waals surface area contributed by atoms with Crippen molar-refractivity contribution >= 4 is 38.7 Å². The molecular formula is C33H33BrF2N2O4. The number of pyridine rings is 1. The second kappa shape index (κ2) is 13.4. The van der Waals surface area contributed by atoms with Gasteiger partial charge in [-0.2, -0.15) is 8.78 Å². The van der Waals surface area contributed by atoms with Gasteiger partial charge in [-0.1, -0.05) is 64.5 Å². The molecule has 0 bridgehead atoms. The fourth-order valence-corrected chi connectivity index (χ4v) is 5.24. The van der Waals surface area contributed by atoms with E-state index in [2.05, 4.69) is 21.2 Å². The maximum absolute atomic E-state index is 13.9. The van der Waals surface area contributed by atoms with E-state index >= 15 is 0 Å². The number of carbonyl (C=O) groups is 2. The molecule has 4 rings (SSSR count). The van der Waals surface area contributed by atoms with Crippen LogP contribution in [-0.2, 0) is 9.53 Å². The third kappa shape index (κ3) is 7.91. The number of ether oxygens (including phenoxy) is 2. The Morgan fingerprint density at radius 2 is 1.69 bits per heavy atom. The lowest BCUT2D eigenvalue weighted by molar-refractivity contribution is -0.155. The third-order valence-corrected chi connectivity index (χ3v) is 7.16. The Hall–Kier alpha value is -3.85. The van der Waals surface area contributed by atoms with Crippen LogP contribution in [0.3, 0.4) is 0 Å². The van der Waals surface area contributed by atoms with Gasteiger partial charge in [0.25, 0.3) is 5.91 Å². The lowest BCUT2D eigenvalue weighted by atomic mass is 9.92.